The molecule has 1 amide bonds. The molecule has 0 unspecified atom stereocenters. The highest BCUT2D eigenvalue weighted by Gasteiger charge is 2.16. The maximum absolute atomic E-state index is 12.5. The Kier molecular flexibility index (Phi) is 4.72. The molecule has 1 aliphatic heterocycles. The first-order chi connectivity index (χ1) is 15.2. The number of nitrogens with one attached hydrogen (secondary N) is 1. The summed E-state index contributed by atoms with van der Waals surface area (Å²) >= 11 is 0. The lowest BCUT2D eigenvalue weighted by atomic mass is 10.1. The van der Waals surface area contributed by atoms with Gasteiger partial charge in [-0.05, 0) is 54.6 Å². The molecule has 0 bridgehead atoms. The number of rotatable bonds is 5. The second-order valence-electron chi connectivity index (χ2n) is 6.85. The van der Waals surface area contributed by atoms with E-state index < -0.39 is 0 Å². The number of methoxy groups -OCH3 is 1. The third-order valence-corrected chi connectivity index (χ3v) is 4.90. The van der Waals surface area contributed by atoms with E-state index in [4.69, 9.17) is 14.2 Å². The molecule has 0 spiro atoms. The summed E-state index contributed by atoms with van der Waals surface area (Å²) in [6.07, 6.45) is 1.85. The number of carbonyl (C=O) groups is 1. The number of ether oxygens (including phenoxy) is 3. The summed E-state index contributed by atoms with van der Waals surface area (Å²) in [5.74, 6) is 1.77. The van der Waals surface area contributed by atoms with Crippen LogP contribution in [0.15, 0.2) is 72.9 Å². The van der Waals surface area contributed by atoms with E-state index in [0.29, 0.717) is 22.7 Å². The number of nitrogens with zero attached hydrogens (tertiary/aromatic N) is 3. The number of anilines is 1. The van der Waals surface area contributed by atoms with Crippen LogP contribution in [0.3, 0.4) is 0 Å². The quantitative estimate of drug-likeness (QED) is 0.533. The second kappa shape index (κ2) is 7.83. The lowest BCUT2D eigenvalue weighted by Gasteiger charge is -2.06. The Morgan fingerprint density at radius 2 is 1.77 bits per heavy atom. The minimum Gasteiger partial charge on any atom is -0.497 e. The molecule has 0 radical (unpaired) electrons. The Hall–Kier alpha value is -4.33. The van der Waals surface area contributed by atoms with Gasteiger partial charge in [0.2, 0.25) is 6.79 Å². The normalized spacial score (nSPS) is 11.9. The fourth-order valence-corrected chi connectivity index (χ4v) is 3.22. The van der Waals surface area contributed by atoms with Crippen molar-refractivity contribution in [3.8, 4) is 34.2 Å². The van der Waals surface area contributed by atoms with E-state index in [1.54, 1.807) is 30.0 Å². The monoisotopic (exact) mass is 414 g/mol. The third kappa shape index (κ3) is 3.78. The zero-order valence-corrected chi connectivity index (χ0v) is 16.6. The topological polar surface area (TPSA) is 87.5 Å². The summed E-state index contributed by atoms with van der Waals surface area (Å²) in [5.41, 5.74) is 3.67. The summed E-state index contributed by atoms with van der Waals surface area (Å²) < 4.78 is 17.5. The van der Waals surface area contributed by atoms with Crippen LogP contribution in [-0.2, 0) is 0 Å². The fourth-order valence-electron chi connectivity index (χ4n) is 3.22. The second-order valence-corrected chi connectivity index (χ2v) is 6.85. The first kappa shape index (κ1) is 18.7. The highest BCUT2D eigenvalue weighted by atomic mass is 16.7. The van der Waals surface area contributed by atoms with Crippen LogP contribution in [0.4, 0.5) is 5.69 Å². The van der Waals surface area contributed by atoms with Gasteiger partial charge >= 0.3 is 0 Å². The third-order valence-electron chi connectivity index (χ3n) is 4.90. The number of hydrogen-bond donors (Lipinski definition) is 1. The molecule has 5 rings (SSSR count). The summed E-state index contributed by atoms with van der Waals surface area (Å²) in [5, 5.41) is 11.3. The number of amides is 1. The largest absolute Gasteiger partial charge is 0.497 e. The Balaban J connectivity index is 1.29. The van der Waals surface area contributed by atoms with Gasteiger partial charge < -0.3 is 19.5 Å². The van der Waals surface area contributed by atoms with Gasteiger partial charge in [0, 0.05) is 16.8 Å². The maximum atomic E-state index is 12.5. The molecule has 3 aromatic carbocycles. The minimum atomic E-state index is -0.225. The number of hydrogen-bond acceptors (Lipinski definition) is 6. The van der Waals surface area contributed by atoms with Crippen molar-refractivity contribution in [3.63, 3.8) is 0 Å². The Bertz CT molecular complexity index is 1230. The van der Waals surface area contributed by atoms with Crippen LogP contribution in [0.2, 0.25) is 0 Å². The molecule has 2 heterocycles. The summed E-state index contributed by atoms with van der Waals surface area (Å²) in [4.78, 5) is 12.5. The first-order valence-electron chi connectivity index (χ1n) is 9.58. The number of benzene rings is 3. The molecular weight excluding hydrogens is 396 g/mol. The van der Waals surface area contributed by atoms with Crippen molar-refractivity contribution in [2.24, 2.45) is 0 Å². The van der Waals surface area contributed by atoms with Gasteiger partial charge in [-0.2, -0.15) is 0 Å². The van der Waals surface area contributed by atoms with Crippen molar-refractivity contribution in [1.82, 2.24) is 15.0 Å². The van der Waals surface area contributed by atoms with Crippen LogP contribution in [-0.4, -0.2) is 34.8 Å². The molecule has 31 heavy (non-hydrogen) atoms. The molecule has 0 aliphatic carbocycles. The van der Waals surface area contributed by atoms with E-state index in [1.165, 1.54) is 0 Å². The van der Waals surface area contributed by atoms with Crippen molar-refractivity contribution in [2.75, 3.05) is 19.2 Å². The maximum Gasteiger partial charge on any atom is 0.255 e. The average molecular weight is 414 g/mol. The molecular formula is C23H18N4O4. The van der Waals surface area contributed by atoms with Gasteiger partial charge in [0.25, 0.3) is 5.91 Å². The molecule has 8 nitrogen and oxygen atoms in total. The SMILES string of the molecule is COc1ccc(-n2cc(-c3ccc(NC(=O)c4ccc5c(c4)OCO5)cc3)nn2)cc1. The smallest absolute Gasteiger partial charge is 0.255 e. The van der Waals surface area contributed by atoms with E-state index in [-0.39, 0.29) is 12.7 Å². The molecule has 154 valence electrons. The Labute approximate surface area is 178 Å². The number of carbonyl (C=O) groups excluding carboxylic acids is 1. The van der Waals surface area contributed by atoms with E-state index >= 15 is 0 Å². The lowest BCUT2D eigenvalue weighted by Crippen LogP contribution is -2.11. The number of fused-ring (bicyclic) bond motifs is 1. The van der Waals surface area contributed by atoms with E-state index in [9.17, 15) is 4.79 Å². The molecule has 0 saturated heterocycles. The minimum absolute atomic E-state index is 0.172. The van der Waals surface area contributed by atoms with Crippen molar-refractivity contribution >= 4 is 11.6 Å². The van der Waals surface area contributed by atoms with Gasteiger partial charge in [-0.3, -0.25) is 4.79 Å². The van der Waals surface area contributed by atoms with Crippen molar-refractivity contribution < 1.29 is 19.0 Å². The van der Waals surface area contributed by atoms with Crippen molar-refractivity contribution in [3.05, 3.63) is 78.5 Å². The molecule has 1 aliphatic rings. The standard InChI is InChI=1S/C23H18N4O4/c1-29-19-9-7-18(8-10-19)27-13-20(25-26-27)15-2-5-17(6-3-15)24-23(28)16-4-11-21-22(12-16)31-14-30-21/h2-13H,14H2,1H3,(H,24,28). The first-order valence-corrected chi connectivity index (χ1v) is 9.58. The fraction of sp³-hybridized carbons (Fsp3) is 0.0870. The summed E-state index contributed by atoms with van der Waals surface area (Å²) in [6.45, 7) is 0.172. The van der Waals surface area contributed by atoms with Gasteiger partial charge in [0.05, 0.1) is 19.0 Å². The summed E-state index contributed by atoms with van der Waals surface area (Å²) in [6, 6.07) is 20.1. The van der Waals surface area contributed by atoms with E-state index in [0.717, 1.165) is 22.7 Å². The molecule has 4 aromatic rings. The van der Waals surface area contributed by atoms with Gasteiger partial charge in [-0.15, -0.1) is 5.10 Å². The van der Waals surface area contributed by atoms with Gasteiger partial charge in [0.15, 0.2) is 11.5 Å². The van der Waals surface area contributed by atoms with Crippen LogP contribution in [0.25, 0.3) is 16.9 Å². The Morgan fingerprint density at radius 1 is 1.00 bits per heavy atom. The van der Waals surface area contributed by atoms with Crippen LogP contribution in [0.1, 0.15) is 10.4 Å². The Morgan fingerprint density at radius 3 is 2.55 bits per heavy atom. The summed E-state index contributed by atoms with van der Waals surface area (Å²) in [7, 11) is 1.63. The van der Waals surface area contributed by atoms with Gasteiger partial charge in [-0.1, -0.05) is 17.3 Å². The predicted octanol–water partition coefficient (Wildman–Crippen LogP) is 3.92. The highest BCUT2D eigenvalue weighted by molar-refractivity contribution is 6.04. The molecule has 1 N–H and O–H groups in total. The van der Waals surface area contributed by atoms with Crippen LogP contribution >= 0.6 is 0 Å². The van der Waals surface area contributed by atoms with Gasteiger partial charge in [-0.25, -0.2) is 4.68 Å². The molecule has 8 heteroatoms. The molecule has 0 atom stereocenters. The average Bonchev–Trinajstić information content (AvgIpc) is 3.49. The van der Waals surface area contributed by atoms with Crippen LogP contribution < -0.4 is 19.5 Å². The van der Waals surface area contributed by atoms with Crippen molar-refractivity contribution in [2.45, 2.75) is 0 Å². The number of aromatic nitrogens is 3. The van der Waals surface area contributed by atoms with Crippen LogP contribution in [0.5, 0.6) is 17.2 Å². The van der Waals surface area contributed by atoms with E-state index in [1.807, 2.05) is 54.7 Å². The van der Waals surface area contributed by atoms with Crippen LogP contribution in [0, 0.1) is 0 Å². The molecule has 0 saturated carbocycles. The zero-order valence-electron chi connectivity index (χ0n) is 16.6. The molecule has 1 aromatic heterocycles. The lowest BCUT2D eigenvalue weighted by molar-refractivity contribution is 0.102. The highest BCUT2D eigenvalue weighted by Crippen LogP contribution is 2.32. The zero-order chi connectivity index (χ0) is 21.2. The predicted molar refractivity (Wildman–Crippen MR) is 114 cm³/mol. The van der Waals surface area contributed by atoms with Crippen molar-refractivity contribution in [1.29, 1.82) is 0 Å². The van der Waals surface area contributed by atoms with E-state index in [2.05, 4.69) is 15.6 Å². The van der Waals surface area contributed by atoms with Gasteiger partial charge in [0.1, 0.15) is 11.4 Å². The molecule has 0 fully saturated rings.